The maximum atomic E-state index is 14.8. The largest absolute Gasteiger partial charge is 0.405 e. The molecule has 0 bridgehead atoms. The van der Waals surface area contributed by atoms with Gasteiger partial charge in [0, 0.05) is 10.0 Å². The first-order valence-corrected chi connectivity index (χ1v) is 13.1. The van der Waals surface area contributed by atoms with E-state index in [2.05, 4.69) is 57.5 Å². The maximum absolute atomic E-state index is 14.8. The Labute approximate surface area is 175 Å². The lowest BCUT2D eigenvalue weighted by molar-refractivity contribution is 0.112. The third-order valence-corrected chi connectivity index (χ3v) is 12.8. The van der Waals surface area contributed by atoms with Crippen LogP contribution >= 0.6 is 27.3 Å². The van der Waals surface area contributed by atoms with Crippen LogP contribution in [0.25, 0.3) is 0 Å². The molecule has 1 heterocycles. The normalized spacial score (nSPS) is 13.6. The minimum absolute atomic E-state index is 0.291. The minimum atomic E-state index is -2.26. The van der Waals surface area contributed by atoms with Crippen molar-refractivity contribution < 1.29 is 13.6 Å². The molecule has 0 radical (unpaired) electrons. The number of rotatable bonds is 8. The second-order valence-corrected chi connectivity index (χ2v) is 15.1. The highest BCUT2D eigenvalue weighted by atomic mass is 79.9. The smallest absolute Gasteiger partial charge is 0.201 e. The van der Waals surface area contributed by atoms with Crippen molar-refractivity contribution >= 4 is 41.9 Å². The lowest BCUT2D eigenvalue weighted by Gasteiger charge is -2.44. The van der Waals surface area contributed by atoms with Crippen molar-refractivity contribution in [1.29, 1.82) is 0 Å². The van der Waals surface area contributed by atoms with Gasteiger partial charge in [-0.25, -0.2) is 4.39 Å². The fourth-order valence-corrected chi connectivity index (χ4v) is 10.8. The van der Waals surface area contributed by atoms with Crippen molar-refractivity contribution in [2.45, 2.75) is 64.3 Å². The molecular weight excluding hydrogens is 443 g/mol. The number of benzene rings is 1. The summed E-state index contributed by atoms with van der Waals surface area (Å²) in [5.74, 6) is -0.291. The zero-order chi connectivity index (χ0) is 20.4. The molecule has 0 N–H and O–H groups in total. The monoisotopic (exact) mass is 470 g/mol. The average Bonchev–Trinajstić information content (AvgIpc) is 3.06. The van der Waals surface area contributed by atoms with Gasteiger partial charge in [0.1, 0.15) is 5.82 Å². The molecule has 148 valence electrons. The summed E-state index contributed by atoms with van der Waals surface area (Å²) in [4.78, 5) is 11.8. The van der Waals surface area contributed by atoms with Gasteiger partial charge in [-0.15, -0.1) is 11.3 Å². The summed E-state index contributed by atoms with van der Waals surface area (Å²) in [6.45, 7) is 13.3. The lowest BCUT2D eigenvalue weighted by Crippen LogP contribution is -2.48. The Morgan fingerprint density at radius 1 is 1.07 bits per heavy atom. The molecule has 0 aliphatic rings. The van der Waals surface area contributed by atoms with Crippen LogP contribution in [0.1, 0.15) is 68.4 Å². The van der Waals surface area contributed by atoms with Crippen molar-refractivity contribution in [2.75, 3.05) is 0 Å². The van der Waals surface area contributed by atoms with Gasteiger partial charge in [0.15, 0.2) is 6.29 Å². The Balaban J connectivity index is 2.64. The summed E-state index contributed by atoms with van der Waals surface area (Å²) in [6.07, 6.45) is 0.312. The van der Waals surface area contributed by atoms with Crippen LogP contribution in [0, 0.1) is 5.82 Å². The zero-order valence-electron chi connectivity index (χ0n) is 16.8. The number of hydrogen-bond donors (Lipinski definition) is 0. The highest BCUT2D eigenvalue weighted by Crippen LogP contribution is 2.47. The molecule has 0 spiro atoms. The molecule has 2 aromatic rings. The van der Waals surface area contributed by atoms with Crippen LogP contribution in [0.2, 0.25) is 16.6 Å². The summed E-state index contributed by atoms with van der Waals surface area (Å²) < 4.78 is 22.6. The summed E-state index contributed by atoms with van der Waals surface area (Å²) in [7, 11) is -2.26. The van der Waals surface area contributed by atoms with Crippen LogP contribution in [0.5, 0.6) is 0 Å². The average molecular weight is 472 g/mol. The molecule has 1 atom stereocenters. The Kier molecular flexibility index (Phi) is 7.59. The molecule has 0 aliphatic carbocycles. The highest BCUT2D eigenvalue weighted by molar-refractivity contribution is 9.10. The number of thiophene rings is 1. The fourth-order valence-electron chi connectivity index (χ4n) is 4.21. The van der Waals surface area contributed by atoms with Crippen molar-refractivity contribution in [3.05, 3.63) is 55.9 Å². The quantitative estimate of drug-likeness (QED) is 0.291. The predicted octanol–water partition coefficient (Wildman–Crippen LogP) is 7.74. The van der Waals surface area contributed by atoms with E-state index < -0.39 is 14.4 Å². The third kappa shape index (κ3) is 4.61. The van der Waals surface area contributed by atoms with Crippen molar-refractivity contribution in [1.82, 2.24) is 0 Å². The first-order chi connectivity index (χ1) is 12.6. The van der Waals surface area contributed by atoms with Gasteiger partial charge in [0.05, 0.1) is 11.0 Å². The van der Waals surface area contributed by atoms with Crippen molar-refractivity contribution in [3.8, 4) is 0 Å². The van der Waals surface area contributed by atoms with E-state index >= 15 is 0 Å². The first-order valence-electron chi connectivity index (χ1n) is 9.29. The van der Waals surface area contributed by atoms with Crippen molar-refractivity contribution in [3.63, 3.8) is 0 Å². The molecule has 0 saturated heterocycles. The van der Waals surface area contributed by atoms with Gasteiger partial charge in [-0.3, -0.25) is 4.79 Å². The van der Waals surface area contributed by atoms with Gasteiger partial charge in [-0.05, 0) is 51.8 Å². The number of halogens is 2. The van der Waals surface area contributed by atoms with Crippen LogP contribution in [0.15, 0.2) is 34.1 Å². The first kappa shape index (κ1) is 22.5. The van der Waals surface area contributed by atoms with E-state index in [9.17, 15) is 9.18 Å². The van der Waals surface area contributed by atoms with E-state index in [1.165, 1.54) is 17.4 Å². The molecule has 2 rings (SSSR count). The Hall–Kier alpha value is -0.823. The van der Waals surface area contributed by atoms with Gasteiger partial charge in [-0.1, -0.05) is 57.5 Å². The topological polar surface area (TPSA) is 26.3 Å². The summed E-state index contributed by atoms with van der Waals surface area (Å²) in [5, 5.41) is 1.91. The van der Waals surface area contributed by atoms with Gasteiger partial charge >= 0.3 is 0 Å². The predicted molar refractivity (Wildman–Crippen MR) is 118 cm³/mol. The molecule has 0 amide bonds. The van der Waals surface area contributed by atoms with E-state index in [1.54, 1.807) is 12.1 Å². The molecule has 27 heavy (non-hydrogen) atoms. The SMILES string of the molecule is CC(C)[Si](OC(c1csc(C=O)c1)c1cc(Br)ccc1F)(C(C)C)C(C)C. The van der Waals surface area contributed by atoms with E-state index in [1.807, 2.05) is 11.4 Å². The fraction of sp³-hybridized carbons (Fsp3) is 0.476. The molecule has 1 aromatic carbocycles. The molecule has 0 fully saturated rings. The standard InChI is InChI=1S/C21H28BrFO2SSi/c1-13(2)27(14(3)4,15(5)6)25-21(16-9-18(11-24)26-12-16)19-10-17(22)7-8-20(19)23/h7-15,21H,1-6H3. The van der Waals surface area contributed by atoms with Crippen LogP contribution in [-0.4, -0.2) is 14.6 Å². The zero-order valence-corrected chi connectivity index (χ0v) is 20.2. The van der Waals surface area contributed by atoms with Crippen LogP contribution in [0.3, 0.4) is 0 Å². The Morgan fingerprint density at radius 3 is 2.15 bits per heavy atom. The number of aldehydes is 1. The molecular formula is C21H28BrFO2SSi. The Bertz CT molecular complexity index is 766. The maximum Gasteiger partial charge on any atom is 0.201 e. The Morgan fingerprint density at radius 2 is 1.67 bits per heavy atom. The minimum Gasteiger partial charge on any atom is -0.405 e. The van der Waals surface area contributed by atoms with Crippen LogP contribution in [0.4, 0.5) is 4.39 Å². The molecule has 0 aliphatic heterocycles. The van der Waals surface area contributed by atoms with Crippen molar-refractivity contribution in [2.24, 2.45) is 0 Å². The molecule has 2 nitrogen and oxygen atoms in total. The van der Waals surface area contributed by atoms with Crippen LogP contribution < -0.4 is 0 Å². The van der Waals surface area contributed by atoms with Gasteiger partial charge in [-0.2, -0.15) is 0 Å². The third-order valence-electron chi connectivity index (χ3n) is 5.33. The summed E-state index contributed by atoms with van der Waals surface area (Å²) >= 11 is 4.83. The number of hydrogen-bond acceptors (Lipinski definition) is 3. The number of carbonyl (C=O) groups excluding carboxylic acids is 1. The highest BCUT2D eigenvalue weighted by Gasteiger charge is 2.47. The van der Waals surface area contributed by atoms with E-state index in [0.29, 0.717) is 27.1 Å². The second-order valence-electron chi connectivity index (χ2n) is 7.88. The van der Waals surface area contributed by atoms with E-state index in [0.717, 1.165) is 16.3 Å². The summed E-state index contributed by atoms with van der Waals surface area (Å²) in [5.41, 5.74) is 2.48. The second kappa shape index (κ2) is 9.12. The molecule has 1 unspecified atom stereocenters. The van der Waals surface area contributed by atoms with Gasteiger partial charge in [0.2, 0.25) is 8.32 Å². The molecule has 6 heteroatoms. The van der Waals surface area contributed by atoms with E-state index in [-0.39, 0.29) is 5.82 Å². The number of carbonyl (C=O) groups is 1. The summed E-state index contributed by atoms with van der Waals surface area (Å²) in [6, 6.07) is 6.77. The van der Waals surface area contributed by atoms with Gasteiger partial charge < -0.3 is 4.43 Å². The molecule has 1 aromatic heterocycles. The van der Waals surface area contributed by atoms with Crippen LogP contribution in [-0.2, 0) is 4.43 Å². The van der Waals surface area contributed by atoms with E-state index in [4.69, 9.17) is 4.43 Å². The van der Waals surface area contributed by atoms with Gasteiger partial charge in [0.25, 0.3) is 0 Å². The molecule has 0 saturated carbocycles. The lowest BCUT2D eigenvalue weighted by atomic mass is 10.0.